The molecule has 88 valence electrons. The van der Waals surface area contributed by atoms with Crippen LogP contribution in [-0.2, 0) is 0 Å². The van der Waals surface area contributed by atoms with Gasteiger partial charge in [0.2, 0.25) is 0 Å². The van der Waals surface area contributed by atoms with E-state index in [0.29, 0.717) is 0 Å². The molecule has 0 amide bonds. The van der Waals surface area contributed by atoms with E-state index in [2.05, 4.69) is 66.1 Å². The van der Waals surface area contributed by atoms with Gasteiger partial charge in [-0.05, 0) is 22.6 Å². The summed E-state index contributed by atoms with van der Waals surface area (Å²) in [7, 11) is 0. The molecule has 0 aliphatic carbocycles. The molecule has 0 saturated heterocycles. The predicted molar refractivity (Wildman–Crippen MR) is 84.0 cm³/mol. The zero-order valence-corrected chi connectivity index (χ0v) is 11.4. The quantitative estimate of drug-likeness (QED) is 0.709. The molecule has 0 spiro atoms. The molecule has 2 aromatic rings. The second-order valence-corrected chi connectivity index (χ2v) is 6.20. The molecule has 2 aromatic carbocycles. The smallest absolute Gasteiger partial charge is 0.0499 e. The third-order valence-electron chi connectivity index (χ3n) is 2.64. The molecule has 0 fully saturated rings. The van der Waals surface area contributed by atoms with Gasteiger partial charge in [-0.3, -0.25) is 0 Å². The Kier molecular flexibility index (Phi) is 3.58. The molecular formula is C16H12S2. The molecule has 1 heterocycles. The van der Waals surface area contributed by atoms with Crippen molar-refractivity contribution in [2.45, 2.75) is 0 Å². The van der Waals surface area contributed by atoms with Gasteiger partial charge in [0.15, 0.2) is 0 Å². The van der Waals surface area contributed by atoms with E-state index in [1.165, 1.54) is 20.3 Å². The minimum Gasteiger partial charge on any atom is -0.0895 e. The van der Waals surface area contributed by atoms with E-state index in [0.717, 1.165) is 0 Å². The van der Waals surface area contributed by atoms with E-state index in [1.807, 2.05) is 17.8 Å². The van der Waals surface area contributed by atoms with Gasteiger partial charge in [-0.25, -0.2) is 0 Å². The standard InChI is InChI=1S/C16H12S2/c1-3-7-13(8-4-1)11-16-17-12-15(18-16)14-9-5-2-6-10-14/h1-12H. The Balaban J connectivity index is 1.77. The minimum atomic E-state index is 1.26. The van der Waals surface area contributed by atoms with Crippen LogP contribution in [0.5, 0.6) is 0 Å². The van der Waals surface area contributed by atoms with Gasteiger partial charge in [-0.15, -0.1) is 0 Å². The van der Waals surface area contributed by atoms with E-state index >= 15 is 0 Å². The van der Waals surface area contributed by atoms with Gasteiger partial charge in [0.05, 0.1) is 0 Å². The molecule has 0 saturated carbocycles. The van der Waals surface area contributed by atoms with Crippen molar-refractivity contribution in [1.82, 2.24) is 0 Å². The third kappa shape index (κ3) is 2.71. The van der Waals surface area contributed by atoms with Gasteiger partial charge in [0.25, 0.3) is 0 Å². The summed E-state index contributed by atoms with van der Waals surface area (Å²) < 4.78 is 1.33. The van der Waals surface area contributed by atoms with Crippen molar-refractivity contribution in [3.05, 3.63) is 81.4 Å². The molecule has 1 aliphatic heterocycles. The topological polar surface area (TPSA) is 0 Å². The maximum absolute atomic E-state index is 2.24. The van der Waals surface area contributed by atoms with Crippen molar-refractivity contribution in [3.8, 4) is 0 Å². The van der Waals surface area contributed by atoms with E-state index < -0.39 is 0 Å². The molecule has 0 nitrogen and oxygen atoms in total. The molecule has 0 bridgehead atoms. The Morgan fingerprint density at radius 1 is 0.778 bits per heavy atom. The normalized spacial score (nSPS) is 16.9. The van der Waals surface area contributed by atoms with Crippen LogP contribution in [0.25, 0.3) is 11.0 Å². The summed E-state index contributed by atoms with van der Waals surface area (Å²) in [6.07, 6.45) is 2.24. The summed E-state index contributed by atoms with van der Waals surface area (Å²) in [5.74, 6) is 0. The summed E-state index contributed by atoms with van der Waals surface area (Å²) >= 11 is 3.65. The van der Waals surface area contributed by atoms with Crippen molar-refractivity contribution in [2.75, 3.05) is 0 Å². The average molecular weight is 268 g/mol. The van der Waals surface area contributed by atoms with Crippen molar-refractivity contribution < 1.29 is 0 Å². The Morgan fingerprint density at radius 2 is 1.44 bits per heavy atom. The van der Waals surface area contributed by atoms with E-state index in [-0.39, 0.29) is 0 Å². The third-order valence-corrected chi connectivity index (χ3v) is 4.92. The highest BCUT2D eigenvalue weighted by atomic mass is 32.2. The van der Waals surface area contributed by atoms with Gasteiger partial charge in [-0.1, -0.05) is 84.2 Å². The lowest BCUT2D eigenvalue weighted by Crippen LogP contribution is -1.74. The van der Waals surface area contributed by atoms with Crippen molar-refractivity contribution in [3.63, 3.8) is 0 Å². The molecule has 0 radical (unpaired) electrons. The number of hydrogen-bond acceptors (Lipinski definition) is 2. The minimum absolute atomic E-state index is 1.26. The van der Waals surface area contributed by atoms with Crippen LogP contribution >= 0.6 is 23.5 Å². The van der Waals surface area contributed by atoms with Gasteiger partial charge >= 0.3 is 0 Å². The first-order valence-electron chi connectivity index (χ1n) is 5.79. The number of thioether (sulfide) groups is 2. The van der Waals surface area contributed by atoms with Crippen molar-refractivity contribution in [2.24, 2.45) is 0 Å². The van der Waals surface area contributed by atoms with Crippen molar-refractivity contribution in [1.29, 1.82) is 0 Å². The summed E-state index contributed by atoms with van der Waals surface area (Å²) in [5.41, 5.74) is 2.56. The summed E-state index contributed by atoms with van der Waals surface area (Å²) in [6, 6.07) is 21.0. The van der Waals surface area contributed by atoms with Gasteiger partial charge in [-0.2, -0.15) is 0 Å². The van der Waals surface area contributed by atoms with Gasteiger partial charge in [0, 0.05) is 9.14 Å². The van der Waals surface area contributed by atoms with E-state index in [4.69, 9.17) is 0 Å². The largest absolute Gasteiger partial charge is 0.0895 e. The van der Waals surface area contributed by atoms with E-state index in [9.17, 15) is 0 Å². The average Bonchev–Trinajstić information content (AvgIpc) is 2.89. The highest BCUT2D eigenvalue weighted by molar-refractivity contribution is 8.31. The summed E-state index contributed by atoms with van der Waals surface area (Å²) in [6.45, 7) is 0. The number of hydrogen-bond donors (Lipinski definition) is 0. The second-order valence-electron chi connectivity index (χ2n) is 3.94. The fraction of sp³-hybridized carbons (Fsp3) is 0. The molecule has 3 rings (SSSR count). The fourth-order valence-electron chi connectivity index (χ4n) is 1.75. The molecule has 0 aromatic heterocycles. The Hall–Kier alpha value is -1.38. The second kappa shape index (κ2) is 5.51. The first-order valence-corrected chi connectivity index (χ1v) is 7.48. The summed E-state index contributed by atoms with van der Waals surface area (Å²) in [5, 5.41) is 2.23. The number of rotatable bonds is 2. The van der Waals surface area contributed by atoms with Gasteiger partial charge in [0.1, 0.15) is 0 Å². The highest BCUT2D eigenvalue weighted by Gasteiger charge is 2.13. The maximum atomic E-state index is 2.24. The van der Waals surface area contributed by atoms with Crippen LogP contribution in [0.15, 0.2) is 70.3 Å². The highest BCUT2D eigenvalue weighted by Crippen LogP contribution is 2.48. The molecular weight excluding hydrogens is 256 g/mol. The zero-order valence-electron chi connectivity index (χ0n) is 9.74. The summed E-state index contributed by atoms with van der Waals surface area (Å²) in [4.78, 5) is 1.34. The molecule has 1 aliphatic rings. The molecule has 0 atom stereocenters. The monoisotopic (exact) mass is 268 g/mol. The van der Waals surface area contributed by atoms with Crippen LogP contribution in [0.1, 0.15) is 11.1 Å². The lowest BCUT2D eigenvalue weighted by Gasteiger charge is -2.00. The first-order chi connectivity index (χ1) is 8.92. The predicted octanol–water partition coefficient (Wildman–Crippen LogP) is 5.46. The first kappa shape index (κ1) is 11.7. The maximum Gasteiger partial charge on any atom is 0.0499 e. The molecule has 0 unspecified atom stereocenters. The lowest BCUT2D eigenvalue weighted by molar-refractivity contribution is 1.66. The Bertz CT molecular complexity index is 583. The lowest BCUT2D eigenvalue weighted by atomic mass is 10.2. The van der Waals surface area contributed by atoms with Gasteiger partial charge < -0.3 is 0 Å². The van der Waals surface area contributed by atoms with Crippen LogP contribution in [0, 0.1) is 0 Å². The Labute approximate surface area is 116 Å². The van der Waals surface area contributed by atoms with Crippen LogP contribution < -0.4 is 0 Å². The molecule has 0 N–H and O–H groups in total. The van der Waals surface area contributed by atoms with Crippen LogP contribution in [0.3, 0.4) is 0 Å². The van der Waals surface area contributed by atoms with Crippen LogP contribution in [-0.4, -0.2) is 0 Å². The van der Waals surface area contributed by atoms with Crippen LogP contribution in [0.2, 0.25) is 0 Å². The molecule has 2 heteroatoms. The molecule has 18 heavy (non-hydrogen) atoms. The SMILES string of the molecule is C(=C1SC=C(c2ccccc2)S1)c1ccccc1. The van der Waals surface area contributed by atoms with Crippen molar-refractivity contribution >= 4 is 34.5 Å². The van der Waals surface area contributed by atoms with Crippen LogP contribution in [0.4, 0.5) is 0 Å². The zero-order chi connectivity index (χ0) is 12.2. The van der Waals surface area contributed by atoms with E-state index in [1.54, 1.807) is 11.8 Å². The number of benzene rings is 2. The Morgan fingerprint density at radius 3 is 2.17 bits per heavy atom. The fourth-order valence-corrected chi connectivity index (χ4v) is 3.92.